The van der Waals surface area contributed by atoms with Gasteiger partial charge in [0.25, 0.3) is 0 Å². The number of nitrogens with one attached hydrogen (secondary N) is 1. The monoisotopic (exact) mass is 249 g/mol. The van der Waals surface area contributed by atoms with Crippen LogP contribution < -0.4 is 4.72 Å². The molecule has 5 nitrogen and oxygen atoms in total. The summed E-state index contributed by atoms with van der Waals surface area (Å²) in [5.41, 5.74) is -0.972. The number of carboxylic acids is 1. The third kappa shape index (κ3) is 2.74. The van der Waals surface area contributed by atoms with Gasteiger partial charge in [-0.05, 0) is 26.7 Å². The normalized spacial score (nSPS) is 31.2. The van der Waals surface area contributed by atoms with E-state index in [0.717, 1.165) is 12.8 Å². The van der Waals surface area contributed by atoms with Gasteiger partial charge < -0.3 is 5.11 Å². The van der Waals surface area contributed by atoms with Gasteiger partial charge in [0.1, 0.15) is 0 Å². The number of rotatable bonds is 4. The van der Waals surface area contributed by atoms with E-state index in [1.165, 1.54) is 0 Å². The summed E-state index contributed by atoms with van der Waals surface area (Å²) < 4.78 is 25.5. The summed E-state index contributed by atoms with van der Waals surface area (Å²) in [5, 5.41) is 9.20. The van der Waals surface area contributed by atoms with Crippen LogP contribution in [0.4, 0.5) is 0 Å². The average molecular weight is 249 g/mol. The Morgan fingerprint density at radius 3 is 2.62 bits per heavy atom. The third-order valence-corrected chi connectivity index (χ3v) is 4.80. The number of sulfonamides is 1. The highest BCUT2D eigenvalue weighted by Gasteiger charge is 2.44. The van der Waals surface area contributed by atoms with Gasteiger partial charge in [-0.25, -0.2) is 13.1 Å². The molecule has 0 aromatic carbocycles. The van der Waals surface area contributed by atoms with Gasteiger partial charge in [0.05, 0.1) is 11.2 Å². The quantitative estimate of drug-likeness (QED) is 0.777. The molecule has 1 saturated carbocycles. The van der Waals surface area contributed by atoms with E-state index in [9.17, 15) is 18.3 Å². The maximum Gasteiger partial charge on any atom is 0.310 e. The van der Waals surface area contributed by atoms with Crippen LogP contribution in [0, 0.1) is 5.41 Å². The van der Waals surface area contributed by atoms with E-state index in [4.69, 9.17) is 0 Å². The lowest BCUT2D eigenvalue weighted by Gasteiger charge is -2.37. The molecule has 2 atom stereocenters. The second kappa shape index (κ2) is 4.71. The topological polar surface area (TPSA) is 83.5 Å². The number of hydrogen-bond acceptors (Lipinski definition) is 3. The van der Waals surface area contributed by atoms with Gasteiger partial charge >= 0.3 is 5.97 Å². The second-order valence-electron chi connectivity index (χ2n) is 4.54. The molecule has 0 aromatic rings. The van der Waals surface area contributed by atoms with Crippen LogP contribution in [0.25, 0.3) is 0 Å². The first-order valence-electron chi connectivity index (χ1n) is 5.55. The van der Waals surface area contributed by atoms with Crippen LogP contribution in [0.2, 0.25) is 0 Å². The Hall–Kier alpha value is -0.620. The molecule has 16 heavy (non-hydrogen) atoms. The second-order valence-corrected chi connectivity index (χ2v) is 6.58. The fraction of sp³-hybridized carbons (Fsp3) is 0.900. The smallest absolute Gasteiger partial charge is 0.310 e. The highest BCUT2D eigenvalue weighted by atomic mass is 32.2. The molecule has 0 amide bonds. The third-order valence-electron chi connectivity index (χ3n) is 3.40. The summed E-state index contributed by atoms with van der Waals surface area (Å²) in [7, 11) is -3.34. The van der Waals surface area contributed by atoms with Crippen molar-refractivity contribution in [3.8, 4) is 0 Å². The lowest BCUT2D eigenvalue weighted by Crippen LogP contribution is -2.52. The van der Waals surface area contributed by atoms with Crippen molar-refractivity contribution in [2.24, 2.45) is 5.41 Å². The maximum atomic E-state index is 11.5. The molecule has 0 aromatic heterocycles. The lowest BCUT2D eigenvalue weighted by atomic mass is 9.72. The molecule has 6 heteroatoms. The molecule has 2 unspecified atom stereocenters. The van der Waals surface area contributed by atoms with Crippen molar-refractivity contribution in [2.75, 3.05) is 5.75 Å². The Morgan fingerprint density at radius 2 is 2.12 bits per heavy atom. The highest BCUT2D eigenvalue weighted by molar-refractivity contribution is 7.89. The molecule has 0 spiro atoms. The fourth-order valence-electron chi connectivity index (χ4n) is 2.08. The van der Waals surface area contributed by atoms with Crippen molar-refractivity contribution in [2.45, 2.75) is 45.6 Å². The molecule has 0 aliphatic heterocycles. The Balaban J connectivity index is 2.88. The molecule has 0 radical (unpaired) electrons. The standard InChI is InChI=1S/C10H19NO4S/c1-3-16(14,15)11-8-6-4-5-7-10(8,2)9(12)13/h8,11H,3-7H2,1-2H3,(H,12,13). The molecule has 1 aliphatic rings. The molecule has 0 heterocycles. The predicted octanol–water partition coefficient (Wildman–Crippen LogP) is 0.959. The van der Waals surface area contributed by atoms with Gasteiger partial charge in [0, 0.05) is 6.04 Å². The van der Waals surface area contributed by atoms with E-state index in [2.05, 4.69) is 4.72 Å². The van der Waals surface area contributed by atoms with Crippen molar-refractivity contribution in [1.29, 1.82) is 0 Å². The number of hydrogen-bond donors (Lipinski definition) is 2. The first-order chi connectivity index (χ1) is 7.32. The van der Waals surface area contributed by atoms with E-state index in [-0.39, 0.29) is 5.75 Å². The van der Waals surface area contributed by atoms with Crippen molar-refractivity contribution in [3.05, 3.63) is 0 Å². The summed E-state index contributed by atoms with van der Waals surface area (Å²) in [6.45, 7) is 3.17. The summed E-state index contributed by atoms with van der Waals surface area (Å²) in [6, 6.07) is -0.483. The largest absolute Gasteiger partial charge is 0.481 e. The summed E-state index contributed by atoms with van der Waals surface area (Å²) in [4.78, 5) is 11.2. The van der Waals surface area contributed by atoms with Crippen molar-refractivity contribution in [1.82, 2.24) is 4.72 Å². The summed E-state index contributed by atoms with van der Waals surface area (Å²) in [5.74, 6) is -0.935. The molecule has 0 saturated heterocycles. The highest BCUT2D eigenvalue weighted by Crippen LogP contribution is 2.36. The first-order valence-corrected chi connectivity index (χ1v) is 7.20. The van der Waals surface area contributed by atoms with Crippen LogP contribution in [-0.2, 0) is 14.8 Å². The lowest BCUT2D eigenvalue weighted by molar-refractivity contribution is -0.151. The maximum absolute atomic E-state index is 11.5. The van der Waals surface area contributed by atoms with Gasteiger partial charge in [0.2, 0.25) is 10.0 Å². The van der Waals surface area contributed by atoms with Crippen LogP contribution in [0.15, 0.2) is 0 Å². The van der Waals surface area contributed by atoms with E-state index in [0.29, 0.717) is 12.8 Å². The summed E-state index contributed by atoms with van der Waals surface area (Å²) >= 11 is 0. The molecule has 0 bridgehead atoms. The van der Waals surface area contributed by atoms with E-state index < -0.39 is 27.4 Å². The number of carbonyl (C=O) groups is 1. The van der Waals surface area contributed by atoms with E-state index in [1.807, 2.05) is 0 Å². The number of aliphatic carboxylic acids is 1. The predicted molar refractivity (Wildman–Crippen MR) is 60.6 cm³/mol. The average Bonchev–Trinajstić information content (AvgIpc) is 2.21. The Bertz CT molecular complexity index is 365. The number of carboxylic acid groups (broad SMARTS) is 1. The van der Waals surface area contributed by atoms with Crippen molar-refractivity contribution >= 4 is 16.0 Å². The summed E-state index contributed by atoms with van der Waals surface area (Å²) in [6.07, 6.45) is 2.84. The zero-order valence-corrected chi connectivity index (χ0v) is 10.5. The van der Waals surface area contributed by atoms with Gasteiger partial charge in [-0.2, -0.15) is 0 Å². The van der Waals surface area contributed by atoms with Crippen molar-refractivity contribution in [3.63, 3.8) is 0 Å². The van der Waals surface area contributed by atoms with Crippen molar-refractivity contribution < 1.29 is 18.3 Å². The Labute approximate surface area is 96.3 Å². The van der Waals surface area contributed by atoms with E-state index >= 15 is 0 Å². The minimum atomic E-state index is -3.34. The molecule has 1 fully saturated rings. The van der Waals surface area contributed by atoms with Gasteiger partial charge in [-0.3, -0.25) is 4.79 Å². The van der Waals surface area contributed by atoms with E-state index in [1.54, 1.807) is 13.8 Å². The van der Waals surface area contributed by atoms with Gasteiger partial charge in [-0.15, -0.1) is 0 Å². The molecule has 2 N–H and O–H groups in total. The van der Waals surface area contributed by atoms with Crippen LogP contribution in [0.1, 0.15) is 39.5 Å². The first kappa shape index (κ1) is 13.4. The Kier molecular flexibility index (Phi) is 3.96. The van der Waals surface area contributed by atoms with Crippen LogP contribution >= 0.6 is 0 Å². The zero-order valence-electron chi connectivity index (χ0n) is 9.69. The molecular weight excluding hydrogens is 230 g/mol. The van der Waals surface area contributed by atoms with Crippen LogP contribution in [0.3, 0.4) is 0 Å². The molecule has 1 aliphatic carbocycles. The molecule has 1 rings (SSSR count). The van der Waals surface area contributed by atoms with Gasteiger partial charge in [-0.1, -0.05) is 12.8 Å². The SMILES string of the molecule is CCS(=O)(=O)NC1CCCCC1(C)C(=O)O. The molecular formula is C10H19NO4S. The van der Waals surface area contributed by atoms with Crippen LogP contribution in [-0.4, -0.2) is 31.3 Å². The zero-order chi connectivity index (χ0) is 12.4. The fourth-order valence-corrected chi connectivity index (χ4v) is 3.06. The minimum absolute atomic E-state index is 0.0147. The Morgan fingerprint density at radius 1 is 1.50 bits per heavy atom. The van der Waals surface area contributed by atoms with Crippen LogP contribution in [0.5, 0.6) is 0 Å². The molecule has 94 valence electrons. The minimum Gasteiger partial charge on any atom is -0.481 e. The van der Waals surface area contributed by atoms with Gasteiger partial charge in [0.15, 0.2) is 0 Å².